The van der Waals surface area contributed by atoms with E-state index in [1.54, 1.807) is 0 Å². The number of aryl methyl sites for hydroxylation is 1. The first-order chi connectivity index (χ1) is 9.10. The van der Waals surface area contributed by atoms with Gasteiger partial charge in [0.2, 0.25) is 0 Å². The molecule has 0 fully saturated rings. The van der Waals surface area contributed by atoms with Gasteiger partial charge in [0.15, 0.2) is 0 Å². The summed E-state index contributed by atoms with van der Waals surface area (Å²) in [6, 6.07) is 14.8. The lowest BCUT2D eigenvalue weighted by Gasteiger charge is -2.20. The Bertz CT molecular complexity index is 568. The second kappa shape index (κ2) is 6.44. The predicted molar refractivity (Wildman–Crippen MR) is 87.4 cm³/mol. The molecule has 100 valence electrons. The van der Waals surface area contributed by atoms with Gasteiger partial charge < -0.3 is 4.90 Å². The highest BCUT2D eigenvalue weighted by Gasteiger charge is 2.05. The Labute approximate surface area is 128 Å². The molecule has 0 radical (unpaired) electrons. The molecule has 1 nitrogen and oxygen atoms in total. The first kappa shape index (κ1) is 14.4. The van der Waals surface area contributed by atoms with Gasteiger partial charge in [0.25, 0.3) is 0 Å². The topological polar surface area (TPSA) is 3.24 Å². The Morgan fingerprint density at radius 2 is 1.95 bits per heavy atom. The molecule has 0 amide bonds. The van der Waals surface area contributed by atoms with Crippen molar-refractivity contribution >= 4 is 33.2 Å². The maximum Gasteiger partial charge on any atom is 0.0467 e. The summed E-state index contributed by atoms with van der Waals surface area (Å²) in [7, 11) is 2.09. The molecule has 0 aliphatic carbocycles. The Morgan fingerprint density at radius 3 is 2.58 bits per heavy atom. The van der Waals surface area contributed by atoms with Gasteiger partial charge in [-0.1, -0.05) is 63.4 Å². The molecule has 0 aliphatic rings. The van der Waals surface area contributed by atoms with Crippen LogP contribution in [0.25, 0.3) is 0 Å². The SMILES string of the molecule is Cc1cccc(CN(C)c2ccc(CBr)c(Cl)c2)c1. The van der Waals surface area contributed by atoms with Crippen LogP contribution in [0.15, 0.2) is 42.5 Å². The van der Waals surface area contributed by atoms with Crippen molar-refractivity contribution in [2.24, 2.45) is 0 Å². The van der Waals surface area contributed by atoms with Crippen LogP contribution in [0.1, 0.15) is 16.7 Å². The van der Waals surface area contributed by atoms with Crippen molar-refractivity contribution in [1.29, 1.82) is 0 Å². The molecular formula is C16H17BrClN. The summed E-state index contributed by atoms with van der Waals surface area (Å²) in [5.41, 5.74) is 4.85. The average Bonchev–Trinajstić information content (AvgIpc) is 2.38. The van der Waals surface area contributed by atoms with E-state index in [9.17, 15) is 0 Å². The van der Waals surface area contributed by atoms with Crippen LogP contribution in [0.5, 0.6) is 0 Å². The maximum absolute atomic E-state index is 6.25. The number of nitrogens with zero attached hydrogens (tertiary/aromatic N) is 1. The first-order valence-electron chi connectivity index (χ1n) is 6.21. The van der Waals surface area contributed by atoms with E-state index in [4.69, 9.17) is 11.6 Å². The molecule has 2 rings (SSSR count). The second-order valence-electron chi connectivity index (χ2n) is 4.75. The molecule has 2 aromatic rings. The molecule has 0 aromatic heterocycles. The van der Waals surface area contributed by atoms with Gasteiger partial charge in [-0.2, -0.15) is 0 Å². The Morgan fingerprint density at radius 1 is 1.16 bits per heavy atom. The molecule has 0 aliphatic heterocycles. The fraction of sp³-hybridized carbons (Fsp3) is 0.250. The molecule has 0 atom stereocenters. The van der Waals surface area contributed by atoms with Crippen LogP contribution in [0.2, 0.25) is 5.02 Å². The summed E-state index contributed by atoms with van der Waals surface area (Å²) in [6.07, 6.45) is 0. The number of benzene rings is 2. The van der Waals surface area contributed by atoms with Crippen molar-refractivity contribution in [2.45, 2.75) is 18.8 Å². The zero-order valence-corrected chi connectivity index (χ0v) is 13.5. The maximum atomic E-state index is 6.25. The lowest BCUT2D eigenvalue weighted by Crippen LogP contribution is -2.16. The van der Waals surface area contributed by atoms with Crippen molar-refractivity contribution in [3.63, 3.8) is 0 Å². The van der Waals surface area contributed by atoms with Crippen LogP contribution in [0.3, 0.4) is 0 Å². The molecule has 0 heterocycles. The van der Waals surface area contributed by atoms with Crippen LogP contribution >= 0.6 is 27.5 Å². The molecule has 0 bridgehead atoms. The Kier molecular flexibility index (Phi) is 4.89. The fourth-order valence-electron chi connectivity index (χ4n) is 2.06. The Hall–Kier alpha value is -0.990. The molecule has 0 unspecified atom stereocenters. The van der Waals surface area contributed by atoms with Gasteiger partial charge in [-0.05, 0) is 30.2 Å². The molecule has 0 spiro atoms. The van der Waals surface area contributed by atoms with Crippen molar-refractivity contribution < 1.29 is 0 Å². The fourth-order valence-corrected chi connectivity index (χ4v) is 2.95. The van der Waals surface area contributed by atoms with Crippen molar-refractivity contribution in [1.82, 2.24) is 0 Å². The second-order valence-corrected chi connectivity index (χ2v) is 5.72. The van der Waals surface area contributed by atoms with Gasteiger partial charge >= 0.3 is 0 Å². The van der Waals surface area contributed by atoms with Gasteiger partial charge in [-0.25, -0.2) is 0 Å². The highest BCUT2D eigenvalue weighted by atomic mass is 79.9. The highest BCUT2D eigenvalue weighted by molar-refractivity contribution is 9.08. The van der Waals surface area contributed by atoms with Crippen molar-refractivity contribution in [3.05, 3.63) is 64.2 Å². The number of hydrogen-bond acceptors (Lipinski definition) is 1. The number of anilines is 1. The zero-order chi connectivity index (χ0) is 13.8. The molecule has 0 saturated carbocycles. The van der Waals surface area contributed by atoms with E-state index in [0.717, 1.165) is 28.1 Å². The average molecular weight is 339 g/mol. The summed E-state index contributed by atoms with van der Waals surface area (Å²) in [6.45, 7) is 3.00. The smallest absolute Gasteiger partial charge is 0.0467 e. The van der Waals surface area contributed by atoms with Gasteiger partial charge in [-0.3, -0.25) is 0 Å². The van der Waals surface area contributed by atoms with E-state index in [0.29, 0.717) is 0 Å². The van der Waals surface area contributed by atoms with Gasteiger partial charge in [0, 0.05) is 29.6 Å². The molecule has 3 heteroatoms. The largest absolute Gasteiger partial charge is 0.370 e. The van der Waals surface area contributed by atoms with E-state index >= 15 is 0 Å². The van der Waals surface area contributed by atoms with Crippen LogP contribution in [-0.4, -0.2) is 7.05 Å². The summed E-state index contributed by atoms with van der Waals surface area (Å²) in [5.74, 6) is 0. The van der Waals surface area contributed by atoms with Gasteiger partial charge in [0.1, 0.15) is 0 Å². The standard InChI is InChI=1S/C16H17BrClN/c1-12-4-3-5-13(8-12)11-19(2)15-7-6-14(10-17)16(18)9-15/h3-9H,10-11H2,1-2H3. The van der Waals surface area contributed by atoms with Crippen LogP contribution in [-0.2, 0) is 11.9 Å². The number of rotatable bonds is 4. The van der Waals surface area contributed by atoms with E-state index in [-0.39, 0.29) is 0 Å². The quantitative estimate of drug-likeness (QED) is 0.694. The number of hydrogen-bond donors (Lipinski definition) is 0. The highest BCUT2D eigenvalue weighted by Crippen LogP contribution is 2.25. The lowest BCUT2D eigenvalue weighted by molar-refractivity contribution is 0.921. The number of alkyl halides is 1. The van der Waals surface area contributed by atoms with Crippen LogP contribution < -0.4 is 4.90 Å². The van der Waals surface area contributed by atoms with Crippen molar-refractivity contribution in [2.75, 3.05) is 11.9 Å². The normalized spacial score (nSPS) is 10.5. The third-order valence-electron chi connectivity index (χ3n) is 3.12. The summed E-state index contributed by atoms with van der Waals surface area (Å²) in [5, 5.41) is 1.60. The monoisotopic (exact) mass is 337 g/mol. The molecule has 2 aromatic carbocycles. The summed E-state index contributed by atoms with van der Waals surface area (Å²) in [4.78, 5) is 2.21. The first-order valence-corrected chi connectivity index (χ1v) is 7.71. The molecular weight excluding hydrogens is 322 g/mol. The third kappa shape index (κ3) is 3.74. The third-order valence-corrected chi connectivity index (χ3v) is 4.08. The minimum absolute atomic E-state index is 0.785. The van der Waals surface area contributed by atoms with Crippen LogP contribution in [0.4, 0.5) is 5.69 Å². The van der Waals surface area contributed by atoms with E-state index in [2.05, 4.69) is 71.2 Å². The minimum Gasteiger partial charge on any atom is -0.370 e. The summed E-state index contributed by atoms with van der Waals surface area (Å²) < 4.78 is 0. The van der Waals surface area contributed by atoms with Crippen molar-refractivity contribution in [3.8, 4) is 0 Å². The van der Waals surface area contributed by atoms with E-state index in [1.807, 2.05) is 6.07 Å². The minimum atomic E-state index is 0.785. The molecule has 0 saturated heterocycles. The molecule has 0 N–H and O–H groups in total. The van der Waals surface area contributed by atoms with E-state index in [1.165, 1.54) is 11.1 Å². The van der Waals surface area contributed by atoms with Crippen LogP contribution in [0, 0.1) is 6.92 Å². The summed E-state index contributed by atoms with van der Waals surface area (Å²) >= 11 is 9.68. The number of halogens is 2. The van der Waals surface area contributed by atoms with Gasteiger partial charge in [-0.15, -0.1) is 0 Å². The molecule has 19 heavy (non-hydrogen) atoms. The zero-order valence-electron chi connectivity index (χ0n) is 11.2. The van der Waals surface area contributed by atoms with E-state index < -0.39 is 0 Å². The predicted octanol–water partition coefficient (Wildman–Crippen LogP) is 5.18. The lowest BCUT2D eigenvalue weighted by atomic mass is 10.1. The van der Waals surface area contributed by atoms with Gasteiger partial charge in [0.05, 0.1) is 0 Å². The Balaban J connectivity index is 2.15.